The monoisotopic (exact) mass is 321 g/mol. The lowest BCUT2D eigenvalue weighted by atomic mass is 10.3. The van der Waals surface area contributed by atoms with Gasteiger partial charge in [0.1, 0.15) is 5.75 Å². The minimum atomic E-state index is -0.137. The van der Waals surface area contributed by atoms with Crippen molar-refractivity contribution in [1.29, 1.82) is 0 Å². The molecule has 0 aliphatic rings. The van der Waals surface area contributed by atoms with Crippen molar-refractivity contribution in [2.75, 3.05) is 12.4 Å². The summed E-state index contributed by atoms with van der Waals surface area (Å²) in [7, 11) is 1.56. The van der Waals surface area contributed by atoms with Crippen LogP contribution in [0.2, 0.25) is 0 Å². The van der Waals surface area contributed by atoms with E-state index < -0.39 is 0 Å². The van der Waals surface area contributed by atoms with Gasteiger partial charge in [-0.05, 0) is 44.0 Å². The summed E-state index contributed by atoms with van der Waals surface area (Å²) >= 11 is 6.70. The minimum absolute atomic E-state index is 0.137. The molecule has 1 N–H and O–H groups in total. The molecule has 0 spiro atoms. The molecular weight excluding hydrogens is 314 g/mol. The van der Waals surface area contributed by atoms with Gasteiger partial charge < -0.3 is 10.1 Å². The summed E-state index contributed by atoms with van der Waals surface area (Å²) in [6.07, 6.45) is 0. The summed E-state index contributed by atoms with van der Waals surface area (Å²) in [5.74, 6) is 0.484. The molecule has 76 valence electrons. The lowest BCUT2D eigenvalue weighted by Gasteiger charge is -2.11. The van der Waals surface area contributed by atoms with Crippen LogP contribution in [0.15, 0.2) is 21.1 Å². The number of nitrogens with one attached hydrogen (secondary N) is 1. The highest BCUT2D eigenvalue weighted by atomic mass is 79.9. The second kappa shape index (κ2) is 4.79. The molecule has 0 saturated carbocycles. The van der Waals surface area contributed by atoms with Gasteiger partial charge in [0, 0.05) is 11.4 Å². The summed E-state index contributed by atoms with van der Waals surface area (Å²) in [4.78, 5) is 10.9. The van der Waals surface area contributed by atoms with Crippen LogP contribution >= 0.6 is 31.9 Å². The molecule has 5 heteroatoms. The maximum absolute atomic E-state index is 10.9. The largest absolute Gasteiger partial charge is 0.495 e. The van der Waals surface area contributed by atoms with Crippen molar-refractivity contribution in [1.82, 2.24) is 0 Å². The second-order valence-corrected chi connectivity index (χ2v) is 4.27. The van der Waals surface area contributed by atoms with E-state index in [2.05, 4.69) is 37.2 Å². The number of carbonyl (C=O) groups excluding carboxylic acids is 1. The molecule has 0 aliphatic heterocycles. The van der Waals surface area contributed by atoms with Gasteiger partial charge in [0.15, 0.2) is 0 Å². The number of carbonyl (C=O) groups is 1. The van der Waals surface area contributed by atoms with E-state index >= 15 is 0 Å². The van der Waals surface area contributed by atoms with Crippen molar-refractivity contribution < 1.29 is 9.53 Å². The van der Waals surface area contributed by atoms with Crippen molar-refractivity contribution in [3.8, 4) is 5.75 Å². The van der Waals surface area contributed by atoms with E-state index in [4.69, 9.17) is 4.74 Å². The third-order valence-electron chi connectivity index (χ3n) is 1.58. The fraction of sp³-hybridized carbons (Fsp3) is 0.222. The van der Waals surface area contributed by atoms with E-state index in [0.29, 0.717) is 11.4 Å². The number of methoxy groups -OCH3 is 1. The van der Waals surface area contributed by atoms with E-state index in [9.17, 15) is 4.79 Å². The molecule has 0 saturated heterocycles. The Bertz CT molecular complexity index is 366. The Morgan fingerprint density at radius 3 is 2.57 bits per heavy atom. The van der Waals surface area contributed by atoms with Gasteiger partial charge in [-0.1, -0.05) is 0 Å². The highest BCUT2D eigenvalue weighted by molar-refractivity contribution is 9.13. The highest BCUT2D eigenvalue weighted by Crippen LogP contribution is 2.37. The zero-order valence-corrected chi connectivity index (χ0v) is 10.9. The molecule has 14 heavy (non-hydrogen) atoms. The van der Waals surface area contributed by atoms with Gasteiger partial charge in [-0.25, -0.2) is 0 Å². The van der Waals surface area contributed by atoms with Crippen molar-refractivity contribution >= 4 is 43.5 Å². The van der Waals surface area contributed by atoms with Crippen LogP contribution < -0.4 is 10.1 Å². The molecule has 0 aromatic heterocycles. The molecule has 3 nitrogen and oxygen atoms in total. The average Bonchev–Trinajstić information content (AvgIpc) is 2.13. The second-order valence-electron chi connectivity index (χ2n) is 2.62. The van der Waals surface area contributed by atoms with Crippen molar-refractivity contribution in [3.05, 3.63) is 21.1 Å². The summed E-state index contributed by atoms with van der Waals surface area (Å²) < 4.78 is 6.75. The van der Waals surface area contributed by atoms with Gasteiger partial charge in [-0.2, -0.15) is 0 Å². The van der Waals surface area contributed by atoms with Crippen LogP contribution in [0.3, 0.4) is 0 Å². The summed E-state index contributed by atoms with van der Waals surface area (Å²) in [5.41, 5.74) is 0.634. The molecule has 0 atom stereocenters. The first-order chi connectivity index (χ1) is 6.56. The molecule has 1 aromatic rings. The first kappa shape index (κ1) is 11.5. The predicted molar refractivity (Wildman–Crippen MR) is 62.7 cm³/mol. The first-order valence-electron chi connectivity index (χ1n) is 3.86. The Morgan fingerprint density at radius 1 is 1.43 bits per heavy atom. The van der Waals surface area contributed by atoms with Crippen LogP contribution in [-0.2, 0) is 4.79 Å². The van der Waals surface area contributed by atoms with E-state index in [1.807, 2.05) is 6.07 Å². The molecule has 0 unspecified atom stereocenters. The first-order valence-corrected chi connectivity index (χ1v) is 5.44. The fourth-order valence-corrected chi connectivity index (χ4v) is 1.75. The number of halogens is 2. The number of ether oxygens (including phenoxy) is 1. The topological polar surface area (TPSA) is 38.3 Å². The van der Waals surface area contributed by atoms with Crippen molar-refractivity contribution in [2.24, 2.45) is 0 Å². The lowest BCUT2D eigenvalue weighted by molar-refractivity contribution is -0.114. The summed E-state index contributed by atoms with van der Waals surface area (Å²) in [5, 5.41) is 2.69. The van der Waals surface area contributed by atoms with Gasteiger partial charge in [0.25, 0.3) is 0 Å². The highest BCUT2D eigenvalue weighted by Gasteiger charge is 2.11. The molecule has 0 heterocycles. The average molecular weight is 323 g/mol. The van der Waals surface area contributed by atoms with Crippen LogP contribution in [0.1, 0.15) is 6.92 Å². The van der Waals surface area contributed by atoms with Crippen LogP contribution in [0.25, 0.3) is 0 Å². The minimum Gasteiger partial charge on any atom is -0.495 e. The number of hydrogen-bond donors (Lipinski definition) is 1. The Hall–Kier alpha value is -0.550. The van der Waals surface area contributed by atoms with Crippen molar-refractivity contribution in [2.45, 2.75) is 6.92 Å². The van der Waals surface area contributed by atoms with Gasteiger partial charge >= 0.3 is 0 Å². The number of amides is 1. The SMILES string of the molecule is COc1ccc(Br)c(Br)c1NC(C)=O. The van der Waals surface area contributed by atoms with Crippen LogP contribution in [0.5, 0.6) is 5.75 Å². The third-order valence-corrected chi connectivity index (χ3v) is 3.59. The summed E-state index contributed by atoms with van der Waals surface area (Å²) in [6, 6.07) is 3.62. The van der Waals surface area contributed by atoms with E-state index in [-0.39, 0.29) is 5.91 Å². The van der Waals surface area contributed by atoms with Crippen molar-refractivity contribution in [3.63, 3.8) is 0 Å². The Labute approximate surface area is 99.1 Å². The molecule has 1 rings (SSSR count). The Kier molecular flexibility index (Phi) is 3.95. The number of rotatable bonds is 2. The third kappa shape index (κ3) is 2.48. The maximum Gasteiger partial charge on any atom is 0.221 e. The predicted octanol–water partition coefficient (Wildman–Crippen LogP) is 3.18. The Balaban J connectivity index is 3.20. The van der Waals surface area contributed by atoms with Gasteiger partial charge in [-0.3, -0.25) is 4.79 Å². The van der Waals surface area contributed by atoms with Gasteiger partial charge in [0.05, 0.1) is 17.3 Å². The molecule has 0 aliphatic carbocycles. The molecule has 0 fully saturated rings. The standard InChI is InChI=1S/C9H9Br2NO2/c1-5(13)12-9-7(14-2)4-3-6(10)8(9)11/h3-4H,1-2H3,(H,12,13). The smallest absolute Gasteiger partial charge is 0.221 e. The van der Waals surface area contributed by atoms with E-state index in [1.165, 1.54) is 6.92 Å². The fourth-order valence-electron chi connectivity index (χ4n) is 0.996. The zero-order valence-electron chi connectivity index (χ0n) is 7.73. The molecule has 0 radical (unpaired) electrons. The number of benzene rings is 1. The van der Waals surface area contributed by atoms with Gasteiger partial charge in [0.2, 0.25) is 5.91 Å². The van der Waals surface area contributed by atoms with Crippen LogP contribution in [0.4, 0.5) is 5.69 Å². The van der Waals surface area contributed by atoms with E-state index in [0.717, 1.165) is 8.95 Å². The van der Waals surface area contributed by atoms with Gasteiger partial charge in [-0.15, -0.1) is 0 Å². The lowest BCUT2D eigenvalue weighted by Crippen LogP contribution is -2.07. The van der Waals surface area contributed by atoms with Crippen LogP contribution in [-0.4, -0.2) is 13.0 Å². The van der Waals surface area contributed by atoms with E-state index in [1.54, 1.807) is 13.2 Å². The number of hydrogen-bond acceptors (Lipinski definition) is 2. The van der Waals surface area contributed by atoms with Crippen LogP contribution in [0, 0.1) is 0 Å². The summed E-state index contributed by atoms with van der Waals surface area (Å²) in [6.45, 7) is 1.45. The quantitative estimate of drug-likeness (QED) is 0.908. The molecule has 0 bridgehead atoms. The number of anilines is 1. The molecule has 1 aromatic carbocycles. The normalized spacial score (nSPS) is 9.71. The Morgan fingerprint density at radius 2 is 2.07 bits per heavy atom. The maximum atomic E-state index is 10.9. The zero-order chi connectivity index (χ0) is 10.7. The molecular formula is C9H9Br2NO2. The molecule has 1 amide bonds.